The Hall–Kier alpha value is -2.62. The van der Waals surface area contributed by atoms with E-state index < -0.39 is 0 Å². The van der Waals surface area contributed by atoms with Crippen molar-refractivity contribution in [1.29, 1.82) is 0 Å². The van der Waals surface area contributed by atoms with Crippen molar-refractivity contribution in [2.45, 2.75) is 40.5 Å². The first-order valence-corrected chi connectivity index (χ1v) is 8.24. The summed E-state index contributed by atoms with van der Waals surface area (Å²) < 4.78 is 1.87. The van der Waals surface area contributed by atoms with Crippen LogP contribution in [0, 0.1) is 20.8 Å². The molecule has 1 amide bonds. The van der Waals surface area contributed by atoms with E-state index in [4.69, 9.17) is 0 Å². The maximum absolute atomic E-state index is 13.0. The number of aromatic nitrogens is 2. The number of imidazole rings is 1. The average molecular weight is 321 g/mol. The lowest BCUT2D eigenvalue weighted by atomic mass is 9.98. The molecule has 3 rings (SSSR count). The molecule has 0 atom stereocenters. The zero-order chi connectivity index (χ0) is 17.4. The summed E-state index contributed by atoms with van der Waals surface area (Å²) in [6, 6.07) is 10.1. The van der Waals surface area contributed by atoms with Crippen molar-refractivity contribution in [2.24, 2.45) is 0 Å². The second kappa shape index (κ2) is 6.11. The van der Waals surface area contributed by atoms with Gasteiger partial charge in [-0.2, -0.15) is 0 Å². The van der Waals surface area contributed by atoms with Crippen LogP contribution >= 0.6 is 0 Å². The lowest BCUT2D eigenvalue weighted by molar-refractivity contribution is 0.102. The number of nitrogens with zero attached hydrogens (tertiary/aromatic N) is 2. The topological polar surface area (TPSA) is 46.4 Å². The zero-order valence-electron chi connectivity index (χ0n) is 14.8. The Labute approximate surface area is 142 Å². The first-order chi connectivity index (χ1) is 11.4. The molecule has 3 aromatic rings. The van der Waals surface area contributed by atoms with E-state index in [1.54, 1.807) is 0 Å². The molecule has 1 aromatic carbocycles. The largest absolute Gasteiger partial charge is 0.320 e. The summed E-state index contributed by atoms with van der Waals surface area (Å²) in [5, 5.41) is 3.12. The minimum absolute atomic E-state index is 0.123. The molecule has 124 valence electrons. The number of aryl methyl sites for hydroxylation is 3. The molecule has 4 nitrogen and oxygen atoms in total. The van der Waals surface area contributed by atoms with Crippen molar-refractivity contribution in [1.82, 2.24) is 9.38 Å². The number of anilines is 1. The van der Waals surface area contributed by atoms with Crippen LogP contribution in [0.1, 0.15) is 52.6 Å². The van der Waals surface area contributed by atoms with Gasteiger partial charge in [0.25, 0.3) is 5.91 Å². The number of benzene rings is 1. The summed E-state index contributed by atoms with van der Waals surface area (Å²) in [6.07, 6.45) is 1.95. The molecular formula is C20H23N3O. The fourth-order valence-electron chi connectivity index (χ4n) is 3.06. The first kappa shape index (κ1) is 16.2. The predicted octanol–water partition coefficient (Wildman–Crippen LogP) is 4.64. The SMILES string of the molecule is Cc1ccc2nc(C)c(C(=O)Nc3c(C)cccc3C(C)C)n2c1. The Balaban J connectivity index is 2.06. The molecule has 1 N–H and O–H groups in total. The van der Waals surface area contributed by atoms with Gasteiger partial charge in [-0.25, -0.2) is 4.98 Å². The molecule has 0 aliphatic heterocycles. The molecule has 2 heterocycles. The van der Waals surface area contributed by atoms with Gasteiger partial charge in [-0.05, 0) is 49.4 Å². The maximum atomic E-state index is 13.0. The van der Waals surface area contributed by atoms with Crippen molar-refractivity contribution in [3.63, 3.8) is 0 Å². The van der Waals surface area contributed by atoms with Crippen LogP contribution in [0.3, 0.4) is 0 Å². The number of amides is 1. The van der Waals surface area contributed by atoms with Crippen LogP contribution in [0.2, 0.25) is 0 Å². The molecule has 0 spiro atoms. The molecule has 0 aliphatic carbocycles. The second-order valence-corrected chi connectivity index (χ2v) is 6.63. The van der Waals surface area contributed by atoms with E-state index in [1.807, 2.05) is 55.6 Å². The summed E-state index contributed by atoms with van der Waals surface area (Å²) >= 11 is 0. The van der Waals surface area contributed by atoms with E-state index in [1.165, 1.54) is 0 Å². The fourth-order valence-corrected chi connectivity index (χ4v) is 3.06. The number of para-hydroxylation sites is 1. The standard InChI is InChI=1S/C20H23N3O/c1-12(2)16-8-6-7-14(4)18(16)22-20(24)19-15(5)21-17-10-9-13(3)11-23(17)19/h6-12H,1-5H3,(H,22,24). The quantitative estimate of drug-likeness (QED) is 0.764. The van der Waals surface area contributed by atoms with Gasteiger partial charge in [0.05, 0.1) is 5.69 Å². The number of nitrogens with one attached hydrogen (secondary N) is 1. The van der Waals surface area contributed by atoms with Crippen LogP contribution in [-0.4, -0.2) is 15.3 Å². The number of carbonyl (C=O) groups excluding carboxylic acids is 1. The highest BCUT2D eigenvalue weighted by Gasteiger charge is 2.19. The Morgan fingerprint density at radius 1 is 1.12 bits per heavy atom. The number of carbonyl (C=O) groups is 1. The molecule has 24 heavy (non-hydrogen) atoms. The third-order valence-corrected chi connectivity index (χ3v) is 4.32. The van der Waals surface area contributed by atoms with Gasteiger partial charge < -0.3 is 5.32 Å². The third-order valence-electron chi connectivity index (χ3n) is 4.32. The van der Waals surface area contributed by atoms with Crippen LogP contribution in [0.25, 0.3) is 5.65 Å². The van der Waals surface area contributed by atoms with Crippen molar-refractivity contribution >= 4 is 17.2 Å². The van der Waals surface area contributed by atoms with Gasteiger partial charge in [0, 0.05) is 11.9 Å². The van der Waals surface area contributed by atoms with E-state index in [-0.39, 0.29) is 5.91 Å². The summed E-state index contributed by atoms with van der Waals surface area (Å²) in [5.74, 6) is 0.215. The summed E-state index contributed by atoms with van der Waals surface area (Å²) in [6.45, 7) is 10.2. The molecule has 0 aliphatic rings. The van der Waals surface area contributed by atoms with Crippen molar-refractivity contribution in [3.8, 4) is 0 Å². The molecule has 0 saturated heterocycles. The highest BCUT2D eigenvalue weighted by molar-refractivity contribution is 6.05. The number of fused-ring (bicyclic) bond motifs is 1. The molecule has 4 heteroatoms. The predicted molar refractivity (Wildman–Crippen MR) is 97.9 cm³/mol. The Bertz CT molecular complexity index is 922. The number of pyridine rings is 1. The Kier molecular flexibility index (Phi) is 4.14. The van der Waals surface area contributed by atoms with Crippen LogP contribution in [0.15, 0.2) is 36.5 Å². The molecule has 0 saturated carbocycles. The maximum Gasteiger partial charge on any atom is 0.274 e. The average Bonchev–Trinajstić information content (AvgIpc) is 2.84. The first-order valence-electron chi connectivity index (χ1n) is 8.24. The van der Waals surface area contributed by atoms with Gasteiger partial charge in [-0.3, -0.25) is 9.20 Å². The number of hydrogen-bond donors (Lipinski definition) is 1. The van der Waals surface area contributed by atoms with Crippen LogP contribution in [0.4, 0.5) is 5.69 Å². The van der Waals surface area contributed by atoms with Gasteiger partial charge >= 0.3 is 0 Å². The van der Waals surface area contributed by atoms with Crippen molar-refractivity contribution in [2.75, 3.05) is 5.32 Å². The van der Waals surface area contributed by atoms with Gasteiger partial charge in [-0.15, -0.1) is 0 Å². The number of rotatable bonds is 3. The smallest absolute Gasteiger partial charge is 0.274 e. The highest BCUT2D eigenvalue weighted by atomic mass is 16.2. The Morgan fingerprint density at radius 3 is 2.58 bits per heavy atom. The molecule has 0 bridgehead atoms. The minimum atomic E-state index is -0.123. The van der Waals surface area contributed by atoms with Gasteiger partial charge in [0.1, 0.15) is 11.3 Å². The van der Waals surface area contributed by atoms with E-state index in [2.05, 4.69) is 30.2 Å². The summed E-state index contributed by atoms with van der Waals surface area (Å²) in [7, 11) is 0. The van der Waals surface area contributed by atoms with Crippen molar-refractivity contribution < 1.29 is 4.79 Å². The van der Waals surface area contributed by atoms with E-state index in [0.717, 1.165) is 33.7 Å². The monoisotopic (exact) mass is 321 g/mol. The van der Waals surface area contributed by atoms with Crippen LogP contribution in [-0.2, 0) is 0 Å². The van der Waals surface area contributed by atoms with Gasteiger partial charge in [0.15, 0.2) is 0 Å². The van der Waals surface area contributed by atoms with Crippen molar-refractivity contribution in [3.05, 3.63) is 64.6 Å². The third kappa shape index (κ3) is 2.80. The highest BCUT2D eigenvalue weighted by Crippen LogP contribution is 2.28. The molecule has 0 radical (unpaired) electrons. The van der Waals surface area contributed by atoms with Crippen LogP contribution in [0.5, 0.6) is 0 Å². The second-order valence-electron chi connectivity index (χ2n) is 6.63. The van der Waals surface area contributed by atoms with Crippen LogP contribution < -0.4 is 5.32 Å². The van der Waals surface area contributed by atoms with Gasteiger partial charge in [0.2, 0.25) is 0 Å². The molecular weight excluding hydrogens is 298 g/mol. The minimum Gasteiger partial charge on any atom is -0.320 e. The Morgan fingerprint density at radius 2 is 1.88 bits per heavy atom. The summed E-state index contributed by atoms with van der Waals surface area (Å²) in [5.41, 5.74) is 6.32. The van der Waals surface area contributed by atoms with Gasteiger partial charge in [-0.1, -0.05) is 38.1 Å². The lowest BCUT2D eigenvalue weighted by Gasteiger charge is -2.16. The fraction of sp³-hybridized carbons (Fsp3) is 0.300. The lowest BCUT2D eigenvalue weighted by Crippen LogP contribution is -2.18. The molecule has 0 unspecified atom stereocenters. The summed E-state index contributed by atoms with van der Waals surface area (Å²) in [4.78, 5) is 17.5. The zero-order valence-corrected chi connectivity index (χ0v) is 14.8. The van der Waals surface area contributed by atoms with E-state index >= 15 is 0 Å². The molecule has 0 fully saturated rings. The normalized spacial score (nSPS) is 11.2. The van der Waals surface area contributed by atoms with E-state index in [0.29, 0.717) is 11.6 Å². The number of hydrogen-bond acceptors (Lipinski definition) is 2. The molecule has 2 aromatic heterocycles. The van der Waals surface area contributed by atoms with E-state index in [9.17, 15) is 4.79 Å².